The number of aliphatic hydroxyl groups is 1. The van der Waals surface area contributed by atoms with Gasteiger partial charge in [0.1, 0.15) is 17.3 Å². The van der Waals surface area contributed by atoms with Crippen molar-refractivity contribution in [3.63, 3.8) is 0 Å². The molecular formula is C24H27FN2O4. The van der Waals surface area contributed by atoms with E-state index < -0.39 is 23.5 Å². The van der Waals surface area contributed by atoms with Crippen LogP contribution in [-0.4, -0.2) is 60.4 Å². The van der Waals surface area contributed by atoms with Crippen LogP contribution in [0, 0.1) is 5.82 Å². The Labute approximate surface area is 181 Å². The van der Waals surface area contributed by atoms with Gasteiger partial charge in [-0.05, 0) is 64.3 Å². The third-order valence-corrected chi connectivity index (χ3v) is 5.18. The van der Waals surface area contributed by atoms with E-state index in [0.29, 0.717) is 30.9 Å². The number of aliphatic hydroxyl groups excluding tert-OH is 1. The number of carbonyl (C=O) groups is 2. The summed E-state index contributed by atoms with van der Waals surface area (Å²) in [5.74, 6) is -1.80. The summed E-state index contributed by atoms with van der Waals surface area (Å²) < 4.78 is 20.1. The van der Waals surface area contributed by atoms with Gasteiger partial charge in [0.15, 0.2) is 0 Å². The molecule has 1 saturated heterocycles. The van der Waals surface area contributed by atoms with Gasteiger partial charge in [0, 0.05) is 17.7 Å². The van der Waals surface area contributed by atoms with Crippen molar-refractivity contribution in [2.75, 3.05) is 33.8 Å². The number of carbonyl (C=O) groups excluding carboxylic acids is 2. The number of ether oxygens (including phenoxy) is 1. The number of rotatable bonds is 8. The maximum atomic E-state index is 14.7. The van der Waals surface area contributed by atoms with Crippen LogP contribution in [0.4, 0.5) is 4.39 Å². The molecule has 2 aromatic rings. The number of Topliss-reactive ketones (excluding diaryl/α,β-unsaturated/α-hetero) is 1. The van der Waals surface area contributed by atoms with Crippen LogP contribution in [0.1, 0.15) is 30.5 Å². The zero-order chi connectivity index (χ0) is 22.5. The predicted molar refractivity (Wildman–Crippen MR) is 116 cm³/mol. The largest absolute Gasteiger partial charge is 0.507 e. The Bertz CT molecular complexity index is 985. The number of ketones is 1. The van der Waals surface area contributed by atoms with Gasteiger partial charge in [-0.2, -0.15) is 0 Å². The van der Waals surface area contributed by atoms with Crippen molar-refractivity contribution in [1.82, 2.24) is 9.80 Å². The number of amides is 1. The van der Waals surface area contributed by atoms with Crippen molar-refractivity contribution in [3.8, 4) is 5.75 Å². The first-order chi connectivity index (χ1) is 14.8. The highest BCUT2D eigenvalue weighted by molar-refractivity contribution is 6.46. The first-order valence-electron chi connectivity index (χ1n) is 10.3. The van der Waals surface area contributed by atoms with Gasteiger partial charge in [-0.3, -0.25) is 9.59 Å². The number of likely N-dealkylation sites (tertiary alicyclic amines) is 1. The Morgan fingerprint density at radius 2 is 1.81 bits per heavy atom. The summed E-state index contributed by atoms with van der Waals surface area (Å²) >= 11 is 0. The average molecular weight is 426 g/mol. The molecule has 31 heavy (non-hydrogen) atoms. The zero-order valence-corrected chi connectivity index (χ0v) is 18.0. The number of hydrogen-bond donors (Lipinski definition) is 1. The molecule has 1 N–H and O–H groups in total. The van der Waals surface area contributed by atoms with Gasteiger partial charge in [0.25, 0.3) is 11.7 Å². The molecule has 0 radical (unpaired) electrons. The van der Waals surface area contributed by atoms with Crippen molar-refractivity contribution in [2.45, 2.75) is 19.4 Å². The summed E-state index contributed by atoms with van der Waals surface area (Å²) in [5.41, 5.74) is 0.430. The first-order valence-corrected chi connectivity index (χ1v) is 10.3. The molecule has 1 amide bonds. The molecule has 6 nitrogen and oxygen atoms in total. The molecule has 7 heteroatoms. The van der Waals surface area contributed by atoms with Crippen LogP contribution in [0.15, 0.2) is 54.1 Å². The van der Waals surface area contributed by atoms with E-state index in [1.807, 2.05) is 25.9 Å². The van der Waals surface area contributed by atoms with Crippen LogP contribution in [0.25, 0.3) is 5.76 Å². The summed E-state index contributed by atoms with van der Waals surface area (Å²) in [6.45, 7) is 3.32. The zero-order valence-electron chi connectivity index (χ0n) is 18.0. The van der Waals surface area contributed by atoms with Gasteiger partial charge in [-0.25, -0.2) is 4.39 Å². The summed E-state index contributed by atoms with van der Waals surface area (Å²) in [4.78, 5) is 29.1. The third kappa shape index (κ3) is 4.77. The summed E-state index contributed by atoms with van der Waals surface area (Å²) in [6.07, 6.45) is 0.605. The molecular weight excluding hydrogens is 399 g/mol. The standard InChI is InChI=1S/C24H27FN2O4/c1-4-31-17-12-10-16(11-13-17)22(28)20-21(18-8-5-6-9-19(18)25)27(24(30)23(20)29)15-7-14-26(2)3/h5-6,8-13,21,28H,4,7,14-15H2,1-3H3/t21-/m0/s1. The summed E-state index contributed by atoms with van der Waals surface area (Å²) in [7, 11) is 3.82. The fourth-order valence-electron chi connectivity index (χ4n) is 3.72. The molecule has 1 aliphatic rings. The Morgan fingerprint density at radius 3 is 2.42 bits per heavy atom. The van der Waals surface area contributed by atoms with E-state index in [1.165, 1.54) is 17.0 Å². The minimum Gasteiger partial charge on any atom is -0.507 e. The third-order valence-electron chi connectivity index (χ3n) is 5.18. The van der Waals surface area contributed by atoms with Crippen molar-refractivity contribution in [2.24, 2.45) is 0 Å². The highest BCUT2D eigenvalue weighted by Gasteiger charge is 2.46. The van der Waals surface area contributed by atoms with E-state index in [2.05, 4.69) is 0 Å². The molecule has 1 heterocycles. The number of benzene rings is 2. The molecule has 0 unspecified atom stereocenters. The lowest BCUT2D eigenvalue weighted by atomic mass is 9.95. The fourth-order valence-corrected chi connectivity index (χ4v) is 3.72. The fraction of sp³-hybridized carbons (Fsp3) is 0.333. The molecule has 0 saturated carbocycles. The van der Waals surface area contributed by atoms with Gasteiger partial charge in [-0.15, -0.1) is 0 Å². The summed E-state index contributed by atoms with van der Waals surface area (Å²) in [6, 6.07) is 11.6. The number of halogens is 1. The second-order valence-electron chi connectivity index (χ2n) is 7.63. The van der Waals surface area contributed by atoms with Gasteiger partial charge < -0.3 is 19.6 Å². The quantitative estimate of drug-likeness (QED) is 0.397. The van der Waals surface area contributed by atoms with Gasteiger partial charge in [-0.1, -0.05) is 18.2 Å². The maximum Gasteiger partial charge on any atom is 0.295 e. The second kappa shape index (κ2) is 9.75. The van der Waals surface area contributed by atoms with Crippen LogP contribution < -0.4 is 4.74 Å². The maximum absolute atomic E-state index is 14.7. The normalized spacial score (nSPS) is 18.1. The molecule has 1 atom stereocenters. The van der Waals surface area contributed by atoms with Crippen LogP contribution >= 0.6 is 0 Å². The molecule has 1 aliphatic heterocycles. The van der Waals surface area contributed by atoms with E-state index in [0.717, 1.165) is 0 Å². The van der Waals surface area contributed by atoms with Crippen molar-refractivity contribution < 1.29 is 23.8 Å². The van der Waals surface area contributed by atoms with Crippen LogP contribution in [0.3, 0.4) is 0 Å². The van der Waals surface area contributed by atoms with E-state index in [1.54, 1.807) is 36.4 Å². The smallest absolute Gasteiger partial charge is 0.295 e. The number of nitrogens with zero attached hydrogens (tertiary/aromatic N) is 2. The van der Waals surface area contributed by atoms with Crippen molar-refractivity contribution in [1.29, 1.82) is 0 Å². The van der Waals surface area contributed by atoms with E-state index in [9.17, 15) is 19.1 Å². The topological polar surface area (TPSA) is 70.1 Å². The van der Waals surface area contributed by atoms with Crippen molar-refractivity contribution >= 4 is 17.4 Å². The Balaban J connectivity index is 2.07. The van der Waals surface area contributed by atoms with E-state index in [-0.39, 0.29) is 23.4 Å². The first kappa shape index (κ1) is 22.5. The minimum absolute atomic E-state index is 0.107. The lowest BCUT2D eigenvalue weighted by molar-refractivity contribution is -0.140. The van der Waals surface area contributed by atoms with Crippen LogP contribution in [0.5, 0.6) is 5.75 Å². The molecule has 0 bridgehead atoms. The molecule has 164 valence electrons. The lowest BCUT2D eigenvalue weighted by Crippen LogP contribution is -2.32. The predicted octanol–water partition coefficient (Wildman–Crippen LogP) is 3.60. The molecule has 0 aliphatic carbocycles. The average Bonchev–Trinajstić information content (AvgIpc) is 2.99. The van der Waals surface area contributed by atoms with Gasteiger partial charge >= 0.3 is 0 Å². The number of hydrogen-bond acceptors (Lipinski definition) is 5. The minimum atomic E-state index is -0.991. The molecule has 0 aromatic heterocycles. The Kier molecular flexibility index (Phi) is 7.07. The second-order valence-corrected chi connectivity index (χ2v) is 7.63. The van der Waals surface area contributed by atoms with Gasteiger partial charge in [0.05, 0.1) is 18.2 Å². The van der Waals surface area contributed by atoms with Gasteiger partial charge in [0.2, 0.25) is 0 Å². The molecule has 0 spiro atoms. The van der Waals surface area contributed by atoms with Crippen LogP contribution in [-0.2, 0) is 9.59 Å². The van der Waals surface area contributed by atoms with E-state index >= 15 is 0 Å². The van der Waals surface area contributed by atoms with Crippen LogP contribution in [0.2, 0.25) is 0 Å². The molecule has 3 rings (SSSR count). The van der Waals surface area contributed by atoms with Crippen molar-refractivity contribution in [3.05, 3.63) is 71.0 Å². The van der Waals surface area contributed by atoms with E-state index in [4.69, 9.17) is 4.74 Å². The molecule has 2 aromatic carbocycles. The Hall–Kier alpha value is -3.19. The molecule has 1 fully saturated rings. The monoisotopic (exact) mass is 426 g/mol. The Morgan fingerprint density at radius 1 is 1.13 bits per heavy atom. The summed E-state index contributed by atoms with van der Waals surface area (Å²) in [5, 5.41) is 11.0. The SMILES string of the molecule is CCOc1ccc(C(O)=C2C(=O)C(=O)N(CCCN(C)C)[C@H]2c2ccccc2F)cc1. The highest BCUT2D eigenvalue weighted by atomic mass is 19.1. The highest BCUT2D eigenvalue weighted by Crippen LogP contribution is 2.40. The lowest BCUT2D eigenvalue weighted by Gasteiger charge is -2.26.